The van der Waals surface area contributed by atoms with E-state index in [0.29, 0.717) is 24.0 Å². The topological polar surface area (TPSA) is 59.3 Å². The van der Waals surface area contributed by atoms with E-state index < -0.39 is 0 Å². The summed E-state index contributed by atoms with van der Waals surface area (Å²) < 4.78 is 1.70. The molecule has 0 saturated carbocycles. The van der Waals surface area contributed by atoms with E-state index in [1.54, 1.807) is 23.7 Å². The van der Waals surface area contributed by atoms with Crippen LogP contribution >= 0.6 is 0 Å². The lowest BCUT2D eigenvalue weighted by Crippen LogP contribution is -2.20. The maximum absolute atomic E-state index is 12.5. The molecule has 4 nitrogen and oxygen atoms in total. The first-order valence-electron chi connectivity index (χ1n) is 9.31. The van der Waals surface area contributed by atoms with Crippen molar-refractivity contribution in [3.8, 4) is 0 Å². The molecule has 1 N–H and O–H groups in total. The van der Waals surface area contributed by atoms with Crippen LogP contribution in [0.25, 0.3) is 10.8 Å². The fraction of sp³-hybridized carbons (Fsp3) is 0.524. The van der Waals surface area contributed by atoms with Crippen LogP contribution in [0.1, 0.15) is 63.1 Å². The van der Waals surface area contributed by atoms with Gasteiger partial charge in [-0.25, -0.2) is 0 Å². The zero-order chi connectivity index (χ0) is 18.2. The number of rotatable bonds is 10. The van der Waals surface area contributed by atoms with E-state index in [0.717, 1.165) is 55.2 Å². The smallest absolute Gasteiger partial charge is 0.258 e. The summed E-state index contributed by atoms with van der Waals surface area (Å²) in [5.41, 5.74) is 1.78. The standard InChI is InChI=1S/C21H29NO3/c1-3-4-5-9-19(24)10-7-6-8-18-14-17-13-16(15-23)11-12-20(17)21(25)22(18)2/h11-14,23H,3-10,15H2,1-2H3. The highest BCUT2D eigenvalue weighted by Gasteiger charge is 2.08. The molecule has 0 aliphatic heterocycles. The Bertz CT molecular complexity index is 777. The average Bonchev–Trinajstić information content (AvgIpc) is 2.62. The lowest BCUT2D eigenvalue weighted by atomic mass is 10.0. The molecule has 0 fully saturated rings. The second kappa shape index (κ2) is 9.52. The van der Waals surface area contributed by atoms with E-state index in [1.165, 1.54) is 0 Å². The number of pyridine rings is 1. The monoisotopic (exact) mass is 343 g/mol. The minimum absolute atomic E-state index is 0.00682. The molecule has 0 atom stereocenters. The molecule has 1 heterocycles. The molecule has 2 rings (SSSR count). The zero-order valence-electron chi connectivity index (χ0n) is 15.4. The Kier molecular flexibility index (Phi) is 7.38. The zero-order valence-corrected chi connectivity index (χ0v) is 15.4. The molecule has 1 aromatic heterocycles. The SMILES string of the molecule is CCCCCC(=O)CCCCc1cc2cc(CO)ccc2c(=O)n1C. The summed E-state index contributed by atoms with van der Waals surface area (Å²) in [6, 6.07) is 7.46. The molecule has 2 aromatic rings. The van der Waals surface area contributed by atoms with Crippen LogP contribution in [0.4, 0.5) is 0 Å². The van der Waals surface area contributed by atoms with Gasteiger partial charge in [-0.15, -0.1) is 0 Å². The number of fused-ring (bicyclic) bond motifs is 1. The molecule has 4 heteroatoms. The highest BCUT2D eigenvalue weighted by molar-refractivity contribution is 5.82. The summed E-state index contributed by atoms with van der Waals surface area (Å²) >= 11 is 0. The lowest BCUT2D eigenvalue weighted by Gasteiger charge is -2.11. The summed E-state index contributed by atoms with van der Waals surface area (Å²) in [7, 11) is 1.80. The van der Waals surface area contributed by atoms with Crippen molar-refractivity contribution in [2.45, 2.75) is 64.9 Å². The van der Waals surface area contributed by atoms with Gasteiger partial charge in [0.05, 0.1) is 6.61 Å². The van der Waals surface area contributed by atoms with Crippen LogP contribution in [-0.2, 0) is 24.9 Å². The third-order valence-corrected chi connectivity index (χ3v) is 4.78. The number of hydrogen-bond donors (Lipinski definition) is 1. The van der Waals surface area contributed by atoms with Crippen molar-refractivity contribution in [1.82, 2.24) is 4.57 Å². The molecule has 1 aromatic carbocycles. The highest BCUT2D eigenvalue weighted by atomic mass is 16.3. The molecule has 0 aliphatic carbocycles. The summed E-state index contributed by atoms with van der Waals surface area (Å²) in [4.78, 5) is 24.3. The van der Waals surface area contributed by atoms with Gasteiger partial charge < -0.3 is 9.67 Å². The summed E-state index contributed by atoms with van der Waals surface area (Å²) in [5, 5.41) is 10.8. The summed E-state index contributed by atoms with van der Waals surface area (Å²) in [5.74, 6) is 0.355. The fourth-order valence-corrected chi connectivity index (χ4v) is 3.18. The van der Waals surface area contributed by atoms with Crippen LogP contribution in [0.3, 0.4) is 0 Å². The average molecular weight is 343 g/mol. The van der Waals surface area contributed by atoms with E-state index in [9.17, 15) is 14.7 Å². The second-order valence-corrected chi connectivity index (χ2v) is 6.78. The molecule has 25 heavy (non-hydrogen) atoms. The van der Waals surface area contributed by atoms with E-state index >= 15 is 0 Å². The minimum Gasteiger partial charge on any atom is -0.392 e. The Morgan fingerprint density at radius 3 is 2.48 bits per heavy atom. The Balaban J connectivity index is 1.97. The number of carbonyl (C=O) groups excluding carboxylic acids is 1. The number of hydrogen-bond acceptors (Lipinski definition) is 3. The van der Waals surface area contributed by atoms with Gasteiger partial charge in [0.2, 0.25) is 0 Å². The number of Topliss-reactive ketones (excluding diaryl/α,β-unsaturated/α-hetero) is 1. The van der Waals surface area contributed by atoms with Crippen LogP contribution in [-0.4, -0.2) is 15.5 Å². The van der Waals surface area contributed by atoms with Crippen molar-refractivity contribution in [1.29, 1.82) is 0 Å². The number of aliphatic hydroxyl groups excluding tert-OH is 1. The minimum atomic E-state index is -0.0272. The van der Waals surface area contributed by atoms with Gasteiger partial charge in [-0.3, -0.25) is 9.59 Å². The molecular weight excluding hydrogens is 314 g/mol. The third kappa shape index (κ3) is 5.27. The molecular formula is C21H29NO3. The number of benzene rings is 1. The Labute approximate surface area is 149 Å². The molecule has 0 radical (unpaired) electrons. The van der Waals surface area contributed by atoms with Crippen molar-refractivity contribution in [2.24, 2.45) is 7.05 Å². The van der Waals surface area contributed by atoms with E-state index in [-0.39, 0.29) is 12.2 Å². The van der Waals surface area contributed by atoms with Crippen molar-refractivity contribution >= 4 is 16.6 Å². The first-order valence-corrected chi connectivity index (χ1v) is 9.31. The quantitative estimate of drug-likeness (QED) is 0.666. The first kappa shape index (κ1) is 19.4. The number of nitrogens with zero attached hydrogens (tertiary/aromatic N) is 1. The highest BCUT2D eigenvalue weighted by Crippen LogP contribution is 2.16. The lowest BCUT2D eigenvalue weighted by molar-refractivity contribution is -0.119. The van der Waals surface area contributed by atoms with Crippen LogP contribution in [0.15, 0.2) is 29.1 Å². The number of unbranched alkanes of at least 4 members (excludes halogenated alkanes) is 3. The molecule has 0 bridgehead atoms. The largest absolute Gasteiger partial charge is 0.392 e. The van der Waals surface area contributed by atoms with Gasteiger partial charge in [0.1, 0.15) is 5.78 Å². The maximum atomic E-state index is 12.5. The van der Waals surface area contributed by atoms with Gasteiger partial charge >= 0.3 is 0 Å². The fourth-order valence-electron chi connectivity index (χ4n) is 3.18. The molecule has 0 amide bonds. The number of ketones is 1. The van der Waals surface area contributed by atoms with Crippen molar-refractivity contribution < 1.29 is 9.90 Å². The van der Waals surface area contributed by atoms with Crippen molar-refractivity contribution in [2.75, 3.05) is 0 Å². The normalized spacial score (nSPS) is 11.2. The van der Waals surface area contributed by atoms with E-state index in [4.69, 9.17) is 0 Å². The number of aromatic nitrogens is 1. The van der Waals surface area contributed by atoms with Gasteiger partial charge in [-0.05, 0) is 54.8 Å². The molecule has 0 spiro atoms. The Hall–Kier alpha value is -1.94. The summed E-state index contributed by atoms with van der Waals surface area (Å²) in [6.45, 7) is 2.11. The van der Waals surface area contributed by atoms with Crippen molar-refractivity contribution in [3.05, 3.63) is 45.9 Å². The third-order valence-electron chi connectivity index (χ3n) is 4.78. The molecule has 0 aliphatic rings. The van der Waals surface area contributed by atoms with Gasteiger partial charge in [-0.1, -0.05) is 25.8 Å². The second-order valence-electron chi connectivity index (χ2n) is 6.78. The number of aryl methyl sites for hydroxylation is 1. The van der Waals surface area contributed by atoms with Crippen molar-refractivity contribution in [3.63, 3.8) is 0 Å². The van der Waals surface area contributed by atoms with Crippen LogP contribution in [0.2, 0.25) is 0 Å². The van der Waals surface area contributed by atoms with Crippen LogP contribution in [0.5, 0.6) is 0 Å². The van der Waals surface area contributed by atoms with Crippen LogP contribution < -0.4 is 5.56 Å². The maximum Gasteiger partial charge on any atom is 0.258 e. The van der Waals surface area contributed by atoms with E-state index in [1.807, 2.05) is 12.1 Å². The Morgan fingerprint density at radius 1 is 1.08 bits per heavy atom. The number of aliphatic hydroxyl groups is 1. The van der Waals surface area contributed by atoms with E-state index in [2.05, 4.69) is 6.92 Å². The predicted octanol–water partition coefficient (Wildman–Crippen LogP) is 3.89. The summed E-state index contributed by atoms with van der Waals surface area (Å²) in [6.07, 6.45) is 7.16. The van der Waals surface area contributed by atoms with Gasteiger partial charge in [0, 0.05) is 31.0 Å². The van der Waals surface area contributed by atoms with Gasteiger partial charge in [0.25, 0.3) is 5.56 Å². The van der Waals surface area contributed by atoms with Gasteiger partial charge in [-0.2, -0.15) is 0 Å². The Morgan fingerprint density at radius 2 is 1.80 bits per heavy atom. The van der Waals surface area contributed by atoms with Crippen LogP contribution in [0, 0.1) is 0 Å². The number of carbonyl (C=O) groups is 1. The molecule has 136 valence electrons. The predicted molar refractivity (Wildman–Crippen MR) is 102 cm³/mol. The van der Waals surface area contributed by atoms with Gasteiger partial charge in [0.15, 0.2) is 0 Å². The first-order chi connectivity index (χ1) is 12.1. The molecule has 0 saturated heterocycles. The molecule has 0 unspecified atom stereocenters.